The zero-order chi connectivity index (χ0) is 11.6. The van der Waals surface area contributed by atoms with Crippen LogP contribution in [0.2, 0.25) is 0 Å². The predicted octanol–water partition coefficient (Wildman–Crippen LogP) is 1.67. The van der Waals surface area contributed by atoms with E-state index in [4.69, 9.17) is 5.73 Å². The quantitative estimate of drug-likeness (QED) is 0.873. The van der Waals surface area contributed by atoms with E-state index in [0.29, 0.717) is 5.41 Å². The van der Waals surface area contributed by atoms with Gasteiger partial charge in [-0.2, -0.15) is 4.37 Å². The molecule has 2 heterocycles. The fourth-order valence-corrected chi connectivity index (χ4v) is 2.76. The first kappa shape index (κ1) is 11.8. The Morgan fingerprint density at radius 2 is 2.12 bits per heavy atom. The molecule has 0 atom stereocenters. The molecule has 2 rings (SSSR count). The Morgan fingerprint density at radius 3 is 2.62 bits per heavy atom. The number of hydrogen-bond donors (Lipinski definition) is 1. The van der Waals surface area contributed by atoms with Gasteiger partial charge in [-0.05, 0) is 24.8 Å². The average molecular weight is 240 g/mol. The van der Waals surface area contributed by atoms with Gasteiger partial charge in [-0.15, -0.1) is 0 Å². The first-order valence-electron chi connectivity index (χ1n) is 5.94. The Bertz CT molecular complexity index is 342. The molecule has 2 N–H and O–H groups in total. The number of nitrogens with two attached hydrogens (primary N) is 1. The normalized spacial score (nSPS) is 20.1. The number of rotatable bonds is 3. The SMILES string of the molecule is CCc1nsc(N2CCC(C)(CN)CC2)n1. The summed E-state index contributed by atoms with van der Waals surface area (Å²) in [7, 11) is 0. The van der Waals surface area contributed by atoms with Crippen molar-refractivity contribution in [3.63, 3.8) is 0 Å². The van der Waals surface area contributed by atoms with E-state index in [1.165, 1.54) is 11.5 Å². The molecule has 1 aliphatic heterocycles. The van der Waals surface area contributed by atoms with Gasteiger partial charge in [-0.25, -0.2) is 4.98 Å². The zero-order valence-electron chi connectivity index (χ0n) is 10.1. The molecule has 0 bridgehead atoms. The number of nitrogens with zero attached hydrogens (tertiary/aromatic N) is 3. The summed E-state index contributed by atoms with van der Waals surface area (Å²) < 4.78 is 4.33. The van der Waals surface area contributed by atoms with Gasteiger partial charge in [0.2, 0.25) is 5.13 Å². The first-order valence-corrected chi connectivity index (χ1v) is 6.72. The minimum absolute atomic E-state index is 0.328. The Labute approximate surface area is 101 Å². The molecule has 0 unspecified atom stereocenters. The summed E-state index contributed by atoms with van der Waals surface area (Å²) in [5.41, 5.74) is 6.13. The van der Waals surface area contributed by atoms with E-state index in [0.717, 1.165) is 49.9 Å². The van der Waals surface area contributed by atoms with Crippen LogP contribution in [0.5, 0.6) is 0 Å². The van der Waals surface area contributed by atoms with E-state index in [-0.39, 0.29) is 0 Å². The van der Waals surface area contributed by atoms with Crippen molar-refractivity contribution in [3.05, 3.63) is 5.82 Å². The van der Waals surface area contributed by atoms with Gasteiger partial charge in [0.15, 0.2) is 0 Å². The van der Waals surface area contributed by atoms with Crippen LogP contribution < -0.4 is 10.6 Å². The standard InChI is InChI=1S/C11H20N4S/c1-3-9-13-10(16-14-9)15-6-4-11(2,8-12)5-7-15/h3-8,12H2,1-2H3. The van der Waals surface area contributed by atoms with Crippen LogP contribution in [-0.4, -0.2) is 29.0 Å². The van der Waals surface area contributed by atoms with Gasteiger partial charge in [-0.1, -0.05) is 13.8 Å². The third-order valence-corrected chi connectivity index (χ3v) is 4.32. The second kappa shape index (κ2) is 4.67. The Morgan fingerprint density at radius 1 is 1.44 bits per heavy atom. The van der Waals surface area contributed by atoms with Crippen LogP contribution in [0.15, 0.2) is 0 Å². The van der Waals surface area contributed by atoms with Crippen molar-refractivity contribution in [3.8, 4) is 0 Å². The molecule has 16 heavy (non-hydrogen) atoms. The second-order valence-corrected chi connectivity index (χ2v) is 5.58. The molecule has 0 spiro atoms. The summed E-state index contributed by atoms with van der Waals surface area (Å²) in [5, 5.41) is 1.08. The van der Waals surface area contributed by atoms with Gasteiger partial charge >= 0.3 is 0 Å². The summed E-state index contributed by atoms with van der Waals surface area (Å²) in [6.45, 7) is 7.28. The third kappa shape index (κ3) is 2.35. The summed E-state index contributed by atoms with van der Waals surface area (Å²) >= 11 is 1.52. The molecule has 4 nitrogen and oxygen atoms in total. The van der Waals surface area contributed by atoms with Gasteiger partial charge < -0.3 is 10.6 Å². The van der Waals surface area contributed by atoms with Crippen molar-refractivity contribution >= 4 is 16.7 Å². The van der Waals surface area contributed by atoms with Crippen molar-refractivity contribution in [2.45, 2.75) is 33.1 Å². The lowest BCUT2D eigenvalue weighted by atomic mass is 9.81. The molecule has 0 saturated carbocycles. The first-order chi connectivity index (χ1) is 7.67. The maximum Gasteiger partial charge on any atom is 0.205 e. The molecule has 1 saturated heterocycles. The second-order valence-electron chi connectivity index (χ2n) is 4.85. The summed E-state index contributed by atoms with van der Waals surface area (Å²) in [4.78, 5) is 6.87. The highest BCUT2D eigenvalue weighted by molar-refractivity contribution is 7.09. The molecule has 0 aromatic carbocycles. The molecule has 1 aromatic heterocycles. The van der Waals surface area contributed by atoms with Gasteiger partial charge in [0, 0.05) is 31.0 Å². The van der Waals surface area contributed by atoms with E-state index < -0.39 is 0 Å². The Kier molecular flexibility index (Phi) is 3.44. The van der Waals surface area contributed by atoms with Crippen molar-refractivity contribution < 1.29 is 0 Å². The van der Waals surface area contributed by atoms with Crippen LogP contribution in [0.1, 0.15) is 32.5 Å². The molecule has 0 amide bonds. The third-order valence-electron chi connectivity index (χ3n) is 3.51. The minimum Gasteiger partial charge on any atom is -0.347 e. The Hall–Kier alpha value is -0.680. The van der Waals surface area contributed by atoms with Crippen LogP contribution in [0.3, 0.4) is 0 Å². The fraction of sp³-hybridized carbons (Fsp3) is 0.818. The van der Waals surface area contributed by atoms with Crippen LogP contribution in [0.25, 0.3) is 0 Å². The lowest BCUT2D eigenvalue weighted by Crippen LogP contribution is -2.42. The van der Waals surface area contributed by atoms with Gasteiger partial charge in [-0.3, -0.25) is 0 Å². The number of hydrogen-bond acceptors (Lipinski definition) is 5. The zero-order valence-corrected chi connectivity index (χ0v) is 10.9. The van der Waals surface area contributed by atoms with Crippen LogP contribution in [0.4, 0.5) is 5.13 Å². The molecular weight excluding hydrogens is 220 g/mol. The number of aromatic nitrogens is 2. The monoisotopic (exact) mass is 240 g/mol. The molecule has 90 valence electrons. The maximum absolute atomic E-state index is 5.80. The van der Waals surface area contributed by atoms with Crippen molar-refractivity contribution in [2.24, 2.45) is 11.1 Å². The molecule has 5 heteroatoms. The molecular formula is C11H20N4S. The molecule has 0 radical (unpaired) electrons. The van der Waals surface area contributed by atoms with E-state index in [1.807, 2.05) is 0 Å². The van der Waals surface area contributed by atoms with Crippen LogP contribution in [0, 0.1) is 5.41 Å². The summed E-state index contributed by atoms with van der Waals surface area (Å²) in [6, 6.07) is 0. The van der Waals surface area contributed by atoms with Crippen molar-refractivity contribution in [1.29, 1.82) is 0 Å². The van der Waals surface area contributed by atoms with Gasteiger partial charge in [0.1, 0.15) is 5.82 Å². The lowest BCUT2D eigenvalue weighted by molar-refractivity contribution is 0.258. The molecule has 1 fully saturated rings. The highest BCUT2D eigenvalue weighted by Gasteiger charge is 2.29. The van der Waals surface area contributed by atoms with E-state index in [2.05, 4.69) is 28.1 Å². The lowest BCUT2D eigenvalue weighted by Gasteiger charge is -2.38. The average Bonchev–Trinajstić information content (AvgIpc) is 2.79. The highest BCUT2D eigenvalue weighted by Crippen LogP contribution is 2.32. The van der Waals surface area contributed by atoms with E-state index in [1.54, 1.807) is 0 Å². The minimum atomic E-state index is 0.328. The van der Waals surface area contributed by atoms with Crippen molar-refractivity contribution in [2.75, 3.05) is 24.5 Å². The summed E-state index contributed by atoms with van der Waals surface area (Å²) in [6.07, 6.45) is 3.24. The predicted molar refractivity (Wildman–Crippen MR) is 67.9 cm³/mol. The highest BCUT2D eigenvalue weighted by atomic mass is 32.1. The fourth-order valence-electron chi connectivity index (χ4n) is 1.96. The molecule has 0 aliphatic carbocycles. The molecule has 1 aromatic rings. The maximum atomic E-state index is 5.80. The van der Waals surface area contributed by atoms with E-state index in [9.17, 15) is 0 Å². The summed E-state index contributed by atoms with van der Waals surface area (Å²) in [5.74, 6) is 0.965. The van der Waals surface area contributed by atoms with Crippen LogP contribution >= 0.6 is 11.5 Å². The van der Waals surface area contributed by atoms with Gasteiger partial charge in [0.05, 0.1) is 0 Å². The smallest absolute Gasteiger partial charge is 0.205 e. The largest absolute Gasteiger partial charge is 0.347 e. The number of piperidine rings is 1. The van der Waals surface area contributed by atoms with E-state index >= 15 is 0 Å². The van der Waals surface area contributed by atoms with Gasteiger partial charge in [0.25, 0.3) is 0 Å². The van der Waals surface area contributed by atoms with Crippen molar-refractivity contribution in [1.82, 2.24) is 9.36 Å². The topological polar surface area (TPSA) is 55.0 Å². The Balaban J connectivity index is 1.98. The van der Waals surface area contributed by atoms with Crippen LogP contribution in [-0.2, 0) is 6.42 Å². The number of aryl methyl sites for hydroxylation is 1. The number of anilines is 1. The molecule has 1 aliphatic rings.